The fraction of sp³-hybridized carbons (Fsp3) is 0.667. The molecule has 0 unspecified atom stereocenters. The van der Waals surface area contributed by atoms with Gasteiger partial charge in [-0.2, -0.15) is 4.98 Å². The van der Waals surface area contributed by atoms with Crippen molar-refractivity contribution in [2.45, 2.75) is 20.8 Å². The second-order valence-corrected chi connectivity index (χ2v) is 5.06. The van der Waals surface area contributed by atoms with Crippen molar-refractivity contribution >= 4 is 17.9 Å². The summed E-state index contributed by atoms with van der Waals surface area (Å²) in [6.07, 6.45) is 1.56. The first kappa shape index (κ1) is 16.3. The van der Waals surface area contributed by atoms with Crippen LogP contribution >= 0.6 is 0 Å². The Kier molecular flexibility index (Phi) is 5.80. The molecule has 0 aliphatic carbocycles. The average molecular weight is 307 g/mol. The zero-order valence-corrected chi connectivity index (χ0v) is 13.7. The number of amides is 1. The van der Waals surface area contributed by atoms with E-state index in [0.717, 1.165) is 37.9 Å². The number of rotatable bonds is 5. The van der Waals surface area contributed by atoms with Crippen LogP contribution < -0.4 is 9.80 Å². The second kappa shape index (κ2) is 7.82. The van der Waals surface area contributed by atoms with Crippen LogP contribution in [-0.4, -0.2) is 66.8 Å². The lowest BCUT2D eigenvalue weighted by molar-refractivity contribution is 0.105. The van der Waals surface area contributed by atoms with Gasteiger partial charge in [-0.05, 0) is 26.8 Å². The van der Waals surface area contributed by atoms with Crippen LogP contribution in [0, 0.1) is 0 Å². The Morgan fingerprint density at radius 2 is 1.91 bits per heavy atom. The second-order valence-electron chi connectivity index (χ2n) is 5.06. The van der Waals surface area contributed by atoms with Gasteiger partial charge >= 0.3 is 6.09 Å². The van der Waals surface area contributed by atoms with E-state index in [4.69, 9.17) is 4.74 Å². The Morgan fingerprint density at radius 3 is 2.50 bits per heavy atom. The summed E-state index contributed by atoms with van der Waals surface area (Å²) in [6, 6.07) is 1.94. The van der Waals surface area contributed by atoms with Crippen molar-refractivity contribution in [1.29, 1.82) is 0 Å². The normalized spacial score (nSPS) is 14.9. The van der Waals surface area contributed by atoms with Crippen molar-refractivity contribution in [3.8, 4) is 0 Å². The summed E-state index contributed by atoms with van der Waals surface area (Å²) in [4.78, 5) is 26.8. The van der Waals surface area contributed by atoms with Gasteiger partial charge in [0.15, 0.2) is 0 Å². The maximum absolute atomic E-state index is 11.7. The number of ether oxygens (including phenoxy) is 1. The number of carbonyl (C=O) groups excluding carboxylic acids is 1. The zero-order chi connectivity index (χ0) is 15.9. The van der Waals surface area contributed by atoms with E-state index in [1.54, 1.807) is 11.1 Å². The van der Waals surface area contributed by atoms with E-state index in [1.807, 2.05) is 13.0 Å². The minimum atomic E-state index is -0.236. The average Bonchev–Trinajstić information content (AvgIpc) is 2.57. The number of anilines is 2. The maximum Gasteiger partial charge on any atom is 0.409 e. The highest BCUT2D eigenvalue weighted by Crippen LogP contribution is 2.16. The molecule has 2 rings (SSSR count). The highest BCUT2D eigenvalue weighted by molar-refractivity contribution is 5.68. The summed E-state index contributed by atoms with van der Waals surface area (Å²) >= 11 is 0. The van der Waals surface area contributed by atoms with E-state index in [0.29, 0.717) is 19.7 Å². The lowest BCUT2D eigenvalue weighted by Gasteiger charge is -2.34. The smallest absolute Gasteiger partial charge is 0.409 e. The van der Waals surface area contributed by atoms with Crippen LogP contribution in [0.15, 0.2) is 12.3 Å². The molecule has 7 heteroatoms. The molecule has 0 spiro atoms. The summed E-state index contributed by atoms with van der Waals surface area (Å²) in [5, 5.41) is 0. The van der Waals surface area contributed by atoms with Crippen LogP contribution in [-0.2, 0) is 4.74 Å². The topological polar surface area (TPSA) is 61.8 Å². The van der Waals surface area contributed by atoms with Crippen molar-refractivity contribution in [2.24, 2.45) is 0 Å². The van der Waals surface area contributed by atoms with E-state index in [2.05, 4.69) is 33.6 Å². The number of hydrogen-bond donors (Lipinski definition) is 0. The van der Waals surface area contributed by atoms with Gasteiger partial charge in [-0.1, -0.05) is 0 Å². The molecule has 1 aromatic heterocycles. The van der Waals surface area contributed by atoms with E-state index in [-0.39, 0.29) is 6.09 Å². The number of hydrogen-bond acceptors (Lipinski definition) is 6. The lowest BCUT2D eigenvalue weighted by atomic mass is 10.3. The first-order valence-corrected chi connectivity index (χ1v) is 7.94. The van der Waals surface area contributed by atoms with Crippen molar-refractivity contribution < 1.29 is 9.53 Å². The predicted molar refractivity (Wildman–Crippen MR) is 86.4 cm³/mol. The van der Waals surface area contributed by atoms with Gasteiger partial charge in [0, 0.05) is 45.5 Å². The Labute approximate surface area is 131 Å². The number of nitrogens with zero attached hydrogens (tertiary/aromatic N) is 5. The first-order chi connectivity index (χ1) is 10.7. The summed E-state index contributed by atoms with van der Waals surface area (Å²) in [5.74, 6) is 1.68. The van der Waals surface area contributed by atoms with E-state index < -0.39 is 0 Å². The van der Waals surface area contributed by atoms with E-state index in [9.17, 15) is 4.79 Å². The first-order valence-electron chi connectivity index (χ1n) is 7.94. The molecule has 7 nitrogen and oxygen atoms in total. The third-order valence-electron chi connectivity index (χ3n) is 3.80. The molecule has 1 aromatic rings. The molecule has 0 saturated carbocycles. The Hall–Kier alpha value is -2.05. The lowest BCUT2D eigenvalue weighted by Crippen LogP contribution is -2.49. The SMILES string of the molecule is CCOC(=O)N1CCN(c2nccc(N(CC)CC)n2)CC1. The number of carbonyl (C=O) groups is 1. The van der Waals surface area contributed by atoms with Crippen LogP contribution in [0.4, 0.5) is 16.6 Å². The van der Waals surface area contributed by atoms with Crippen LogP contribution in [0.5, 0.6) is 0 Å². The van der Waals surface area contributed by atoms with E-state index >= 15 is 0 Å². The minimum Gasteiger partial charge on any atom is -0.450 e. The van der Waals surface area contributed by atoms with Gasteiger partial charge in [0.1, 0.15) is 5.82 Å². The quantitative estimate of drug-likeness (QED) is 0.823. The largest absolute Gasteiger partial charge is 0.450 e. The van der Waals surface area contributed by atoms with Crippen LogP contribution in [0.1, 0.15) is 20.8 Å². The van der Waals surface area contributed by atoms with Gasteiger partial charge in [-0.3, -0.25) is 0 Å². The Balaban J connectivity index is 1.99. The van der Waals surface area contributed by atoms with Gasteiger partial charge in [-0.25, -0.2) is 9.78 Å². The highest BCUT2D eigenvalue weighted by Gasteiger charge is 2.23. The molecule has 1 saturated heterocycles. The summed E-state index contributed by atoms with van der Waals surface area (Å²) in [7, 11) is 0. The zero-order valence-electron chi connectivity index (χ0n) is 13.7. The van der Waals surface area contributed by atoms with Gasteiger partial charge in [0.05, 0.1) is 6.61 Å². The molecule has 2 heterocycles. The van der Waals surface area contributed by atoms with Gasteiger partial charge < -0.3 is 19.4 Å². The molecule has 0 atom stereocenters. The third-order valence-corrected chi connectivity index (χ3v) is 3.80. The summed E-state index contributed by atoms with van der Waals surface area (Å²) in [6.45, 7) is 11.0. The molecular formula is C15H25N5O2. The molecule has 1 aliphatic rings. The molecule has 0 radical (unpaired) electrons. The minimum absolute atomic E-state index is 0.236. The third kappa shape index (κ3) is 3.78. The fourth-order valence-electron chi connectivity index (χ4n) is 2.52. The molecule has 1 aliphatic heterocycles. The standard InChI is InChI=1S/C15H25N5O2/c1-4-18(5-2)13-7-8-16-14(17-13)19-9-11-20(12-10-19)15(21)22-6-3/h7-8H,4-6,9-12H2,1-3H3. The monoisotopic (exact) mass is 307 g/mol. The molecule has 0 bridgehead atoms. The van der Waals surface area contributed by atoms with Gasteiger partial charge in [-0.15, -0.1) is 0 Å². The predicted octanol–water partition coefficient (Wildman–Crippen LogP) is 1.60. The Morgan fingerprint density at radius 1 is 1.23 bits per heavy atom. The molecule has 0 aromatic carbocycles. The molecule has 1 amide bonds. The molecular weight excluding hydrogens is 282 g/mol. The van der Waals surface area contributed by atoms with Crippen molar-refractivity contribution in [3.63, 3.8) is 0 Å². The van der Waals surface area contributed by atoms with E-state index in [1.165, 1.54) is 0 Å². The maximum atomic E-state index is 11.7. The number of aromatic nitrogens is 2. The van der Waals surface area contributed by atoms with Crippen molar-refractivity contribution in [1.82, 2.24) is 14.9 Å². The van der Waals surface area contributed by atoms with Crippen LogP contribution in [0.3, 0.4) is 0 Å². The molecule has 1 fully saturated rings. The molecule has 0 N–H and O–H groups in total. The van der Waals surface area contributed by atoms with Crippen LogP contribution in [0.25, 0.3) is 0 Å². The van der Waals surface area contributed by atoms with Crippen molar-refractivity contribution in [2.75, 3.05) is 55.7 Å². The molecule has 122 valence electrons. The number of piperazine rings is 1. The summed E-state index contributed by atoms with van der Waals surface area (Å²) in [5.41, 5.74) is 0. The summed E-state index contributed by atoms with van der Waals surface area (Å²) < 4.78 is 5.03. The van der Waals surface area contributed by atoms with Gasteiger partial charge in [0.2, 0.25) is 5.95 Å². The molecule has 22 heavy (non-hydrogen) atoms. The van der Waals surface area contributed by atoms with Crippen LogP contribution in [0.2, 0.25) is 0 Å². The highest BCUT2D eigenvalue weighted by atomic mass is 16.6. The Bertz CT molecular complexity index is 485. The fourth-order valence-corrected chi connectivity index (χ4v) is 2.52. The van der Waals surface area contributed by atoms with Gasteiger partial charge in [0.25, 0.3) is 0 Å². The van der Waals surface area contributed by atoms with Crippen molar-refractivity contribution in [3.05, 3.63) is 12.3 Å².